The Morgan fingerprint density at radius 3 is 2.35 bits per heavy atom. The highest BCUT2D eigenvalue weighted by Gasteiger charge is 2.53. The number of rotatable bonds is 5. The molecule has 6 heteroatoms. The molecular formula is C17H23BClFO3. The number of methoxy groups -OCH3 is 1. The van der Waals surface area contributed by atoms with Crippen LogP contribution in [0.2, 0.25) is 5.02 Å². The Morgan fingerprint density at radius 2 is 1.83 bits per heavy atom. The van der Waals surface area contributed by atoms with Gasteiger partial charge in [-0.05, 0) is 57.4 Å². The smallest absolute Gasteiger partial charge is 0.398 e. The molecule has 1 aliphatic rings. The Balaban J connectivity index is 2.39. The van der Waals surface area contributed by atoms with Gasteiger partial charge >= 0.3 is 7.12 Å². The topological polar surface area (TPSA) is 27.7 Å². The summed E-state index contributed by atoms with van der Waals surface area (Å²) in [4.78, 5) is 0. The lowest BCUT2D eigenvalue weighted by atomic mass is 9.82. The molecule has 1 aliphatic heterocycles. The van der Waals surface area contributed by atoms with E-state index < -0.39 is 24.0 Å². The van der Waals surface area contributed by atoms with Crippen molar-refractivity contribution in [1.82, 2.24) is 0 Å². The summed E-state index contributed by atoms with van der Waals surface area (Å²) in [5, 5.41) is 0.555. The zero-order chi connectivity index (χ0) is 17.3. The first-order valence-electron chi connectivity index (χ1n) is 7.67. The van der Waals surface area contributed by atoms with Crippen molar-refractivity contribution >= 4 is 24.3 Å². The standard InChI is InChI=1S/C17H23BClFO3/c1-16(2)17(3,4)23-18(22-16)15(20)14(9-10-21-5)12-7-6-8-13(19)11-12/h6-8,11H,9-10H2,1-5H3. The number of benzene rings is 1. The molecule has 0 N–H and O–H groups in total. The van der Waals surface area contributed by atoms with Gasteiger partial charge in [0.15, 0.2) is 0 Å². The predicted molar refractivity (Wildman–Crippen MR) is 92.1 cm³/mol. The van der Waals surface area contributed by atoms with Crippen molar-refractivity contribution in [2.75, 3.05) is 13.7 Å². The third-order valence-corrected chi connectivity index (χ3v) is 4.71. The summed E-state index contributed by atoms with van der Waals surface area (Å²) in [6.07, 6.45) is 0.409. The molecule has 1 aromatic carbocycles. The quantitative estimate of drug-likeness (QED) is 0.728. The van der Waals surface area contributed by atoms with Crippen molar-refractivity contribution in [3.63, 3.8) is 0 Å². The van der Waals surface area contributed by atoms with Gasteiger partial charge in [-0.1, -0.05) is 23.7 Å². The van der Waals surface area contributed by atoms with Crippen LogP contribution in [0.15, 0.2) is 30.0 Å². The minimum absolute atomic E-state index is 0.398. The minimum Gasteiger partial charge on any atom is -0.398 e. The molecular weight excluding hydrogens is 317 g/mol. The molecule has 0 aromatic heterocycles. The highest BCUT2D eigenvalue weighted by atomic mass is 35.5. The fourth-order valence-electron chi connectivity index (χ4n) is 2.37. The van der Waals surface area contributed by atoms with Crippen molar-refractivity contribution in [2.24, 2.45) is 0 Å². The van der Waals surface area contributed by atoms with E-state index in [0.29, 0.717) is 29.2 Å². The first-order chi connectivity index (χ1) is 10.7. The van der Waals surface area contributed by atoms with Gasteiger partial charge in [0, 0.05) is 12.1 Å². The van der Waals surface area contributed by atoms with Gasteiger partial charge in [-0.15, -0.1) is 0 Å². The van der Waals surface area contributed by atoms with Gasteiger partial charge in [-0.3, -0.25) is 0 Å². The number of hydrogen-bond acceptors (Lipinski definition) is 3. The molecule has 1 aromatic rings. The minimum atomic E-state index is -1.02. The normalized spacial score (nSPS) is 20.6. The molecule has 3 nitrogen and oxygen atoms in total. The van der Waals surface area contributed by atoms with Crippen LogP contribution in [0.5, 0.6) is 0 Å². The van der Waals surface area contributed by atoms with Crippen LogP contribution in [0.4, 0.5) is 4.39 Å². The van der Waals surface area contributed by atoms with Crippen molar-refractivity contribution < 1.29 is 18.4 Å². The first-order valence-corrected chi connectivity index (χ1v) is 8.05. The molecule has 0 radical (unpaired) electrons. The largest absolute Gasteiger partial charge is 0.525 e. The van der Waals surface area contributed by atoms with E-state index in [1.54, 1.807) is 25.3 Å². The molecule has 0 atom stereocenters. The first kappa shape index (κ1) is 18.5. The lowest BCUT2D eigenvalue weighted by Gasteiger charge is -2.32. The summed E-state index contributed by atoms with van der Waals surface area (Å²) in [6.45, 7) is 7.99. The molecule has 126 valence electrons. The van der Waals surface area contributed by atoms with Crippen LogP contribution in [0.3, 0.4) is 0 Å². The fraction of sp³-hybridized carbons (Fsp3) is 0.529. The molecule has 1 heterocycles. The maximum atomic E-state index is 15.1. The van der Waals surface area contributed by atoms with E-state index in [1.807, 2.05) is 33.8 Å². The Hall–Kier alpha value is -0.875. The van der Waals surface area contributed by atoms with Crippen LogP contribution in [0.25, 0.3) is 5.57 Å². The fourth-order valence-corrected chi connectivity index (χ4v) is 2.56. The average molecular weight is 341 g/mol. The molecule has 23 heavy (non-hydrogen) atoms. The van der Waals surface area contributed by atoms with Crippen molar-refractivity contribution in [1.29, 1.82) is 0 Å². The summed E-state index contributed by atoms with van der Waals surface area (Å²) in [6, 6.07) is 7.10. The zero-order valence-electron chi connectivity index (χ0n) is 14.3. The maximum Gasteiger partial charge on any atom is 0.525 e. The van der Waals surface area contributed by atoms with Gasteiger partial charge < -0.3 is 14.0 Å². The van der Waals surface area contributed by atoms with E-state index in [-0.39, 0.29) is 0 Å². The molecule has 2 rings (SSSR count). The maximum absolute atomic E-state index is 15.1. The van der Waals surface area contributed by atoms with Gasteiger partial charge in [-0.2, -0.15) is 0 Å². The second-order valence-corrected chi connectivity index (χ2v) is 7.10. The van der Waals surface area contributed by atoms with Gasteiger partial charge in [0.25, 0.3) is 0 Å². The van der Waals surface area contributed by atoms with Crippen LogP contribution >= 0.6 is 11.6 Å². The van der Waals surface area contributed by atoms with Crippen molar-refractivity contribution in [3.05, 3.63) is 40.6 Å². The van der Waals surface area contributed by atoms with Crippen LogP contribution in [-0.4, -0.2) is 32.0 Å². The van der Waals surface area contributed by atoms with Crippen LogP contribution in [0, 0.1) is 0 Å². The molecule has 0 unspecified atom stereocenters. The van der Waals surface area contributed by atoms with E-state index in [2.05, 4.69) is 0 Å². The molecule has 0 aliphatic carbocycles. The average Bonchev–Trinajstić information content (AvgIpc) is 2.68. The summed E-state index contributed by atoms with van der Waals surface area (Å²) in [7, 11) is 0.563. The van der Waals surface area contributed by atoms with Crippen LogP contribution in [-0.2, 0) is 14.0 Å². The molecule has 0 bridgehead atoms. The van der Waals surface area contributed by atoms with Crippen molar-refractivity contribution in [2.45, 2.75) is 45.3 Å². The third kappa shape index (κ3) is 3.97. The second-order valence-electron chi connectivity index (χ2n) is 6.67. The van der Waals surface area contributed by atoms with E-state index in [4.69, 9.17) is 25.6 Å². The summed E-state index contributed by atoms with van der Waals surface area (Å²) >= 11 is 6.04. The molecule has 0 saturated carbocycles. The van der Waals surface area contributed by atoms with Crippen LogP contribution < -0.4 is 0 Å². The van der Waals surface area contributed by atoms with Gasteiger partial charge in [0.1, 0.15) is 5.73 Å². The summed E-state index contributed by atoms with van der Waals surface area (Å²) in [5.74, 6) is 0. The molecule has 0 spiro atoms. The molecule has 1 saturated heterocycles. The Labute approximate surface area is 142 Å². The Kier molecular flexibility index (Phi) is 5.57. The Morgan fingerprint density at radius 1 is 1.22 bits per heavy atom. The zero-order valence-corrected chi connectivity index (χ0v) is 15.0. The van der Waals surface area contributed by atoms with Gasteiger partial charge in [0.2, 0.25) is 0 Å². The second kappa shape index (κ2) is 6.93. The predicted octanol–water partition coefficient (Wildman–Crippen LogP) is 4.69. The monoisotopic (exact) mass is 340 g/mol. The SMILES string of the molecule is COCCC(=C(F)B1OC(C)(C)C(C)(C)O1)c1cccc(Cl)c1. The number of halogens is 2. The lowest BCUT2D eigenvalue weighted by molar-refractivity contribution is 0.00578. The molecule has 0 amide bonds. The van der Waals surface area contributed by atoms with Crippen molar-refractivity contribution in [3.8, 4) is 0 Å². The van der Waals surface area contributed by atoms with Gasteiger partial charge in [0.05, 0.1) is 17.8 Å². The highest BCUT2D eigenvalue weighted by Crippen LogP contribution is 2.40. The van der Waals surface area contributed by atoms with Crippen LogP contribution in [0.1, 0.15) is 39.7 Å². The Bertz CT molecular complexity index is 585. The highest BCUT2D eigenvalue weighted by molar-refractivity contribution is 6.55. The van der Waals surface area contributed by atoms with E-state index in [1.165, 1.54) is 0 Å². The summed E-state index contributed by atoms with van der Waals surface area (Å²) in [5.41, 5.74) is -0.400. The summed E-state index contributed by atoms with van der Waals surface area (Å²) < 4.78 is 31.9. The lowest BCUT2D eigenvalue weighted by Crippen LogP contribution is -2.41. The van der Waals surface area contributed by atoms with E-state index >= 15 is 4.39 Å². The molecule has 1 fully saturated rings. The van der Waals surface area contributed by atoms with Gasteiger partial charge in [-0.25, -0.2) is 4.39 Å². The third-order valence-electron chi connectivity index (χ3n) is 4.48. The number of hydrogen-bond donors (Lipinski definition) is 0. The van der Waals surface area contributed by atoms with E-state index in [9.17, 15) is 0 Å². The number of ether oxygens (including phenoxy) is 1. The van der Waals surface area contributed by atoms with E-state index in [0.717, 1.165) is 0 Å².